The van der Waals surface area contributed by atoms with Gasteiger partial charge in [-0.2, -0.15) is 4.52 Å². The maximum Gasteiger partial charge on any atom is 0.230 e. The van der Waals surface area contributed by atoms with Crippen LogP contribution in [0.4, 0.5) is 0 Å². The highest BCUT2D eigenvalue weighted by atomic mass is 32.1. The number of likely N-dealkylation sites (tertiary alicyclic amines) is 1. The fraction of sp³-hybridized carbons (Fsp3) is 0.467. The van der Waals surface area contributed by atoms with Gasteiger partial charge in [-0.3, -0.25) is 4.90 Å². The summed E-state index contributed by atoms with van der Waals surface area (Å²) in [5, 5.41) is 14.9. The zero-order chi connectivity index (χ0) is 15.3. The molecule has 3 aromatic rings. The largest absolute Gasteiger partial charge is 0.492 e. The van der Waals surface area contributed by atoms with Gasteiger partial charge in [-0.15, -0.1) is 5.10 Å². The van der Waals surface area contributed by atoms with Crippen molar-refractivity contribution in [3.8, 4) is 5.88 Å². The van der Waals surface area contributed by atoms with E-state index in [2.05, 4.69) is 15.0 Å². The molecule has 7 heteroatoms. The lowest BCUT2D eigenvalue weighted by Gasteiger charge is -2.24. The Bertz CT molecular complexity index is 813. The molecule has 1 N–H and O–H groups in total. The smallest absolute Gasteiger partial charge is 0.230 e. The van der Waals surface area contributed by atoms with E-state index in [0.717, 1.165) is 34.4 Å². The Kier molecular flexibility index (Phi) is 3.19. The van der Waals surface area contributed by atoms with E-state index >= 15 is 0 Å². The van der Waals surface area contributed by atoms with E-state index in [1.807, 2.05) is 26.0 Å². The minimum Gasteiger partial charge on any atom is -0.492 e. The molecular weight excluding hydrogens is 300 g/mol. The SMILES string of the molecule is Cc1nc2sc(C(c3ccc(C)o3)N3CCCC3)c(O)n2n1. The Morgan fingerprint density at radius 1 is 1.27 bits per heavy atom. The summed E-state index contributed by atoms with van der Waals surface area (Å²) in [5.41, 5.74) is 0. The first-order chi connectivity index (χ1) is 10.6. The third-order valence-electron chi connectivity index (χ3n) is 4.09. The van der Waals surface area contributed by atoms with Gasteiger partial charge in [0.25, 0.3) is 0 Å². The third-order valence-corrected chi connectivity index (χ3v) is 5.16. The number of furan rings is 1. The molecule has 3 aromatic heterocycles. The molecule has 0 amide bonds. The average Bonchev–Trinajstić information content (AvgIpc) is 3.22. The van der Waals surface area contributed by atoms with E-state index < -0.39 is 0 Å². The summed E-state index contributed by atoms with van der Waals surface area (Å²) < 4.78 is 7.39. The number of aryl methyl sites for hydroxylation is 2. The summed E-state index contributed by atoms with van der Waals surface area (Å²) in [6, 6.07) is 3.90. The molecular formula is C15H18N4O2S. The quantitative estimate of drug-likeness (QED) is 0.804. The highest BCUT2D eigenvalue weighted by Gasteiger charge is 2.32. The van der Waals surface area contributed by atoms with Crippen LogP contribution < -0.4 is 0 Å². The molecule has 0 radical (unpaired) electrons. The van der Waals surface area contributed by atoms with Crippen LogP contribution in [0.5, 0.6) is 5.88 Å². The second kappa shape index (κ2) is 5.10. The van der Waals surface area contributed by atoms with Gasteiger partial charge in [-0.05, 0) is 51.9 Å². The molecule has 0 spiro atoms. The summed E-state index contributed by atoms with van der Waals surface area (Å²) >= 11 is 1.48. The van der Waals surface area contributed by atoms with Crippen LogP contribution in [0, 0.1) is 13.8 Å². The molecule has 1 unspecified atom stereocenters. The molecule has 1 atom stereocenters. The Hall–Kier alpha value is -1.86. The molecule has 4 heterocycles. The van der Waals surface area contributed by atoms with Crippen molar-refractivity contribution in [2.45, 2.75) is 32.7 Å². The van der Waals surface area contributed by atoms with Crippen molar-refractivity contribution in [1.29, 1.82) is 0 Å². The molecule has 1 aliphatic heterocycles. The summed E-state index contributed by atoms with van der Waals surface area (Å²) in [5.74, 6) is 2.59. The predicted octanol–water partition coefficient (Wildman–Crippen LogP) is 2.89. The first-order valence-corrected chi connectivity index (χ1v) is 8.30. The van der Waals surface area contributed by atoms with Crippen LogP contribution in [0.3, 0.4) is 0 Å². The van der Waals surface area contributed by atoms with Crippen molar-refractivity contribution in [3.63, 3.8) is 0 Å². The van der Waals surface area contributed by atoms with Gasteiger partial charge in [0.15, 0.2) is 0 Å². The van der Waals surface area contributed by atoms with Crippen LogP contribution in [-0.2, 0) is 0 Å². The molecule has 22 heavy (non-hydrogen) atoms. The lowest BCUT2D eigenvalue weighted by molar-refractivity contribution is 0.244. The summed E-state index contributed by atoms with van der Waals surface area (Å²) in [6.45, 7) is 5.79. The highest BCUT2D eigenvalue weighted by Crippen LogP contribution is 2.41. The van der Waals surface area contributed by atoms with Crippen molar-refractivity contribution in [1.82, 2.24) is 19.5 Å². The number of rotatable bonds is 3. The fourth-order valence-corrected chi connectivity index (χ4v) is 4.24. The minimum absolute atomic E-state index is 0.0648. The Morgan fingerprint density at radius 2 is 2.05 bits per heavy atom. The van der Waals surface area contributed by atoms with E-state index in [1.54, 1.807) is 0 Å². The molecule has 0 aromatic carbocycles. The van der Waals surface area contributed by atoms with E-state index in [9.17, 15) is 5.11 Å². The molecule has 0 saturated carbocycles. The molecule has 1 aliphatic rings. The molecule has 1 fully saturated rings. The molecule has 0 aliphatic carbocycles. The van der Waals surface area contributed by atoms with Gasteiger partial charge >= 0.3 is 0 Å². The topological polar surface area (TPSA) is 66.8 Å². The number of hydrogen-bond donors (Lipinski definition) is 1. The Morgan fingerprint density at radius 3 is 2.68 bits per heavy atom. The average molecular weight is 318 g/mol. The number of aromatic hydroxyl groups is 1. The number of aromatic nitrogens is 3. The van der Waals surface area contributed by atoms with Crippen LogP contribution >= 0.6 is 11.3 Å². The summed E-state index contributed by atoms with van der Waals surface area (Å²) in [6.07, 6.45) is 2.35. The van der Waals surface area contributed by atoms with Crippen LogP contribution in [0.25, 0.3) is 4.96 Å². The van der Waals surface area contributed by atoms with Crippen molar-refractivity contribution < 1.29 is 9.52 Å². The zero-order valence-corrected chi connectivity index (χ0v) is 13.4. The molecule has 4 rings (SSSR count). The van der Waals surface area contributed by atoms with Crippen LogP contribution in [-0.4, -0.2) is 37.7 Å². The summed E-state index contributed by atoms with van der Waals surface area (Å²) in [4.78, 5) is 8.29. The van der Waals surface area contributed by atoms with E-state index in [-0.39, 0.29) is 11.9 Å². The maximum absolute atomic E-state index is 10.6. The minimum atomic E-state index is -0.0648. The Balaban J connectivity index is 1.84. The summed E-state index contributed by atoms with van der Waals surface area (Å²) in [7, 11) is 0. The number of hydrogen-bond acceptors (Lipinski definition) is 6. The predicted molar refractivity (Wildman–Crippen MR) is 83.4 cm³/mol. The van der Waals surface area contributed by atoms with E-state index in [0.29, 0.717) is 5.82 Å². The second-order valence-corrected chi connectivity index (χ2v) is 6.75. The van der Waals surface area contributed by atoms with Gasteiger partial charge in [0, 0.05) is 0 Å². The fourth-order valence-electron chi connectivity index (χ4n) is 3.10. The molecule has 6 nitrogen and oxygen atoms in total. The lowest BCUT2D eigenvalue weighted by atomic mass is 10.1. The van der Waals surface area contributed by atoms with Gasteiger partial charge in [-0.25, -0.2) is 4.98 Å². The van der Waals surface area contributed by atoms with Gasteiger partial charge in [0.2, 0.25) is 10.8 Å². The maximum atomic E-state index is 10.6. The van der Waals surface area contributed by atoms with Crippen LogP contribution in [0.2, 0.25) is 0 Å². The normalized spacial score (nSPS) is 17.5. The zero-order valence-electron chi connectivity index (χ0n) is 12.6. The van der Waals surface area contributed by atoms with E-state index in [4.69, 9.17) is 4.42 Å². The first-order valence-electron chi connectivity index (χ1n) is 7.49. The van der Waals surface area contributed by atoms with Crippen LogP contribution in [0.1, 0.15) is 41.1 Å². The van der Waals surface area contributed by atoms with E-state index in [1.165, 1.54) is 28.7 Å². The number of fused-ring (bicyclic) bond motifs is 1. The monoisotopic (exact) mass is 318 g/mol. The number of thiazole rings is 1. The lowest BCUT2D eigenvalue weighted by Crippen LogP contribution is -2.25. The highest BCUT2D eigenvalue weighted by molar-refractivity contribution is 7.17. The Labute approximate surface area is 132 Å². The van der Waals surface area contributed by atoms with Crippen molar-refractivity contribution >= 4 is 16.3 Å². The molecule has 1 saturated heterocycles. The van der Waals surface area contributed by atoms with Crippen LogP contribution in [0.15, 0.2) is 16.5 Å². The molecule has 116 valence electrons. The van der Waals surface area contributed by atoms with Gasteiger partial charge in [0.05, 0.1) is 4.88 Å². The number of nitrogens with zero attached hydrogens (tertiary/aromatic N) is 4. The van der Waals surface area contributed by atoms with Gasteiger partial charge in [0.1, 0.15) is 23.4 Å². The first kappa shape index (κ1) is 13.8. The third kappa shape index (κ3) is 2.12. The van der Waals surface area contributed by atoms with Crippen molar-refractivity contribution in [2.24, 2.45) is 0 Å². The van der Waals surface area contributed by atoms with Gasteiger partial charge in [-0.1, -0.05) is 11.3 Å². The standard InChI is InChI=1S/C15H18N4O2S/c1-9-5-6-11(21-9)12(18-7-3-4-8-18)13-14(20)19-15(22-13)16-10(2)17-19/h5-6,12,20H,3-4,7-8H2,1-2H3. The van der Waals surface area contributed by atoms with Crippen molar-refractivity contribution in [3.05, 3.63) is 34.4 Å². The molecule has 0 bridgehead atoms. The van der Waals surface area contributed by atoms with Gasteiger partial charge < -0.3 is 9.52 Å². The van der Waals surface area contributed by atoms with Crippen molar-refractivity contribution in [2.75, 3.05) is 13.1 Å². The second-order valence-electron chi connectivity index (χ2n) is 5.74.